The van der Waals surface area contributed by atoms with Gasteiger partial charge in [0, 0.05) is 11.2 Å². The molecular weight excluding hydrogens is 271 g/mol. The van der Waals surface area contributed by atoms with Gasteiger partial charge in [-0.2, -0.15) is 0 Å². The maximum atomic E-state index is 13.6. The SMILES string of the molecule is Fc1cccc2c1nc1n2C2(CC1)CC2Br. The summed E-state index contributed by atoms with van der Waals surface area (Å²) in [5.74, 6) is 0.836. The number of rotatable bonds is 0. The Morgan fingerprint density at radius 2 is 2.31 bits per heavy atom. The van der Waals surface area contributed by atoms with E-state index < -0.39 is 0 Å². The summed E-state index contributed by atoms with van der Waals surface area (Å²) in [6, 6.07) is 5.22. The highest BCUT2D eigenvalue weighted by atomic mass is 79.9. The average molecular weight is 281 g/mol. The summed E-state index contributed by atoms with van der Waals surface area (Å²) in [5.41, 5.74) is 1.68. The fourth-order valence-electron chi connectivity index (χ4n) is 2.96. The van der Waals surface area contributed by atoms with Crippen molar-refractivity contribution in [1.29, 1.82) is 0 Å². The number of aromatic nitrogens is 2. The van der Waals surface area contributed by atoms with Crippen LogP contribution in [0, 0.1) is 5.82 Å². The highest BCUT2D eigenvalue weighted by Gasteiger charge is 2.58. The molecule has 2 heterocycles. The molecule has 1 aliphatic heterocycles. The molecule has 1 spiro atoms. The molecule has 2 atom stereocenters. The van der Waals surface area contributed by atoms with Crippen molar-refractivity contribution in [3.8, 4) is 0 Å². The predicted octanol–water partition coefficient (Wildman–Crippen LogP) is 2.98. The van der Waals surface area contributed by atoms with Crippen LogP contribution >= 0.6 is 15.9 Å². The monoisotopic (exact) mass is 280 g/mol. The van der Waals surface area contributed by atoms with E-state index in [4.69, 9.17) is 0 Å². The summed E-state index contributed by atoms with van der Waals surface area (Å²) in [5, 5.41) is 0. The molecule has 2 nitrogen and oxygen atoms in total. The van der Waals surface area contributed by atoms with Gasteiger partial charge in [-0.25, -0.2) is 9.37 Å². The molecule has 1 fully saturated rings. The highest BCUT2D eigenvalue weighted by Crippen LogP contribution is 2.57. The van der Waals surface area contributed by atoms with Gasteiger partial charge < -0.3 is 4.57 Å². The molecule has 0 radical (unpaired) electrons. The molecule has 0 N–H and O–H groups in total. The van der Waals surface area contributed by atoms with E-state index in [1.807, 2.05) is 6.07 Å². The summed E-state index contributed by atoms with van der Waals surface area (Å²) < 4.78 is 15.9. The number of fused-ring (bicyclic) bond motifs is 4. The number of hydrogen-bond acceptors (Lipinski definition) is 1. The van der Waals surface area contributed by atoms with Gasteiger partial charge in [0.25, 0.3) is 0 Å². The van der Waals surface area contributed by atoms with Crippen LogP contribution in [0.3, 0.4) is 0 Å². The fraction of sp³-hybridized carbons (Fsp3) is 0.417. The van der Waals surface area contributed by atoms with Crippen molar-refractivity contribution in [2.45, 2.75) is 29.6 Å². The zero-order chi connectivity index (χ0) is 10.9. The molecular formula is C12H10BrFN2. The van der Waals surface area contributed by atoms with Gasteiger partial charge in [0.1, 0.15) is 11.3 Å². The Hall–Kier alpha value is -0.900. The minimum Gasteiger partial charge on any atom is -0.320 e. The first kappa shape index (κ1) is 9.16. The van der Waals surface area contributed by atoms with Crippen LogP contribution in [0.15, 0.2) is 18.2 Å². The Kier molecular flexibility index (Phi) is 1.53. The van der Waals surface area contributed by atoms with Crippen LogP contribution in [-0.4, -0.2) is 14.4 Å². The van der Waals surface area contributed by atoms with Crippen LogP contribution in [0.25, 0.3) is 11.0 Å². The van der Waals surface area contributed by atoms with Gasteiger partial charge in [0.2, 0.25) is 0 Å². The molecule has 1 aromatic carbocycles. The van der Waals surface area contributed by atoms with Crippen molar-refractivity contribution >= 4 is 27.0 Å². The number of para-hydroxylation sites is 1. The molecule has 0 saturated heterocycles. The van der Waals surface area contributed by atoms with E-state index in [2.05, 4.69) is 25.5 Å². The molecule has 1 saturated carbocycles. The largest absolute Gasteiger partial charge is 0.320 e. The van der Waals surface area contributed by atoms with Gasteiger partial charge >= 0.3 is 0 Å². The number of imidazole rings is 1. The van der Waals surface area contributed by atoms with Gasteiger partial charge in [0.05, 0.1) is 11.1 Å². The van der Waals surface area contributed by atoms with Crippen molar-refractivity contribution in [2.75, 3.05) is 0 Å². The lowest BCUT2D eigenvalue weighted by Gasteiger charge is -2.12. The minimum absolute atomic E-state index is 0.192. The first-order valence-electron chi connectivity index (χ1n) is 5.53. The lowest BCUT2D eigenvalue weighted by molar-refractivity contribution is 0.529. The van der Waals surface area contributed by atoms with Gasteiger partial charge in [-0.05, 0) is 25.0 Å². The summed E-state index contributed by atoms with van der Waals surface area (Å²) in [7, 11) is 0. The van der Waals surface area contributed by atoms with E-state index in [0.29, 0.717) is 10.3 Å². The maximum Gasteiger partial charge on any atom is 0.151 e. The second kappa shape index (κ2) is 2.67. The lowest BCUT2D eigenvalue weighted by Crippen LogP contribution is -2.14. The molecule has 2 unspecified atom stereocenters. The minimum atomic E-state index is -0.207. The van der Waals surface area contributed by atoms with Crippen LogP contribution in [0.1, 0.15) is 18.7 Å². The average Bonchev–Trinajstić information content (AvgIpc) is 2.65. The van der Waals surface area contributed by atoms with E-state index in [1.165, 1.54) is 6.07 Å². The van der Waals surface area contributed by atoms with E-state index >= 15 is 0 Å². The molecule has 82 valence electrons. The van der Waals surface area contributed by atoms with E-state index in [1.54, 1.807) is 6.07 Å². The van der Waals surface area contributed by atoms with E-state index in [-0.39, 0.29) is 11.4 Å². The Morgan fingerprint density at radius 3 is 3.06 bits per heavy atom. The van der Waals surface area contributed by atoms with Crippen molar-refractivity contribution in [2.24, 2.45) is 0 Å². The van der Waals surface area contributed by atoms with Gasteiger partial charge in [-0.1, -0.05) is 22.0 Å². The quantitative estimate of drug-likeness (QED) is 0.679. The molecule has 2 aliphatic rings. The zero-order valence-corrected chi connectivity index (χ0v) is 10.2. The predicted molar refractivity (Wildman–Crippen MR) is 63.3 cm³/mol. The molecule has 4 heteroatoms. The van der Waals surface area contributed by atoms with Crippen LogP contribution in [0.5, 0.6) is 0 Å². The highest BCUT2D eigenvalue weighted by molar-refractivity contribution is 9.09. The topological polar surface area (TPSA) is 17.8 Å². The number of alkyl halides is 1. The maximum absolute atomic E-state index is 13.6. The Bertz CT molecular complexity index is 606. The van der Waals surface area contributed by atoms with Crippen LogP contribution in [-0.2, 0) is 12.0 Å². The number of nitrogens with zero attached hydrogens (tertiary/aromatic N) is 2. The van der Waals surface area contributed by atoms with Crippen molar-refractivity contribution in [3.05, 3.63) is 29.8 Å². The van der Waals surface area contributed by atoms with Crippen LogP contribution in [0.2, 0.25) is 0 Å². The van der Waals surface area contributed by atoms with Crippen LogP contribution in [0.4, 0.5) is 4.39 Å². The molecule has 16 heavy (non-hydrogen) atoms. The zero-order valence-electron chi connectivity index (χ0n) is 8.58. The third-order valence-electron chi connectivity index (χ3n) is 3.89. The molecule has 0 amide bonds. The summed E-state index contributed by atoms with van der Waals surface area (Å²) in [6.45, 7) is 0. The van der Waals surface area contributed by atoms with E-state index in [0.717, 1.165) is 30.6 Å². The summed E-state index contributed by atoms with van der Waals surface area (Å²) in [6.07, 6.45) is 3.25. The Balaban J connectivity index is 2.09. The van der Waals surface area contributed by atoms with Gasteiger partial charge in [-0.3, -0.25) is 0 Å². The molecule has 1 aromatic heterocycles. The molecule has 0 bridgehead atoms. The third kappa shape index (κ3) is 0.902. The molecule has 2 aromatic rings. The van der Waals surface area contributed by atoms with Crippen LogP contribution < -0.4 is 0 Å². The first-order valence-corrected chi connectivity index (χ1v) is 6.44. The first-order chi connectivity index (χ1) is 7.72. The standard InChI is InChI=1S/C12H10BrFN2/c13-9-6-12(9)5-4-10-15-11-7(14)2-1-3-8(11)16(10)12/h1-3,9H,4-6H2. The number of halogens is 2. The number of benzene rings is 1. The number of aryl methyl sites for hydroxylation is 1. The molecule has 4 rings (SSSR count). The second-order valence-corrected chi connectivity index (χ2v) is 5.85. The second-order valence-electron chi connectivity index (χ2n) is 4.75. The summed E-state index contributed by atoms with van der Waals surface area (Å²) in [4.78, 5) is 4.96. The summed E-state index contributed by atoms with van der Waals surface area (Å²) >= 11 is 3.68. The lowest BCUT2D eigenvalue weighted by atomic mass is 10.2. The van der Waals surface area contributed by atoms with Crippen molar-refractivity contribution in [1.82, 2.24) is 9.55 Å². The fourth-order valence-corrected chi connectivity index (χ4v) is 3.95. The Labute approximate surface area is 101 Å². The van der Waals surface area contributed by atoms with E-state index in [9.17, 15) is 4.39 Å². The third-order valence-corrected chi connectivity index (χ3v) is 5.06. The van der Waals surface area contributed by atoms with Crippen molar-refractivity contribution in [3.63, 3.8) is 0 Å². The van der Waals surface area contributed by atoms with Gasteiger partial charge in [-0.15, -0.1) is 0 Å². The number of hydrogen-bond donors (Lipinski definition) is 0. The van der Waals surface area contributed by atoms with Crippen molar-refractivity contribution < 1.29 is 4.39 Å². The normalized spacial score (nSPS) is 31.2. The smallest absolute Gasteiger partial charge is 0.151 e. The molecule has 1 aliphatic carbocycles. The Morgan fingerprint density at radius 1 is 1.50 bits per heavy atom. The van der Waals surface area contributed by atoms with Gasteiger partial charge in [0.15, 0.2) is 5.82 Å².